The second-order valence-electron chi connectivity index (χ2n) is 4.15. The fourth-order valence-corrected chi connectivity index (χ4v) is 0.960. The lowest BCUT2D eigenvalue weighted by Crippen LogP contribution is -2.12. The Labute approximate surface area is 73.8 Å². The number of aromatic nitrogens is 1. The van der Waals surface area contributed by atoms with Gasteiger partial charge in [-0.2, -0.15) is 0 Å². The SMILES string of the molecule is Cc1ncc(C(C)(C)C)cc1N. The van der Waals surface area contributed by atoms with Crippen molar-refractivity contribution in [2.45, 2.75) is 33.1 Å². The largest absolute Gasteiger partial charge is 0.397 e. The zero-order valence-electron chi connectivity index (χ0n) is 8.18. The highest BCUT2D eigenvalue weighted by Gasteiger charge is 2.14. The minimum atomic E-state index is 0.134. The van der Waals surface area contributed by atoms with Gasteiger partial charge in [-0.15, -0.1) is 0 Å². The molecule has 2 nitrogen and oxygen atoms in total. The van der Waals surface area contributed by atoms with E-state index in [2.05, 4.69) is 25.8 Å². The Morgan fingerprint density at radius 3 is 2.33 bits per heavy atom. The quantitative estimate of drug-likeness (QED) is 0.638. The molecule has 0 aliphatic rings. The van der Waals surface area contributed by atoms with Crippen molar-refractivity contribution in [3.63, 3.8) is 0 Å². The second-order valence-corrected chi connectivity index (χ2v) is 4.15. The van der Waals surface area contributed by atoms with Crippen LogP contribution in [0, 0.1) is 6.92 Å². The van der Waals surface area contributed by atoms with E-state index < -0.39 is 0 Å². The summed E-state index contributed by atoms with van der Waals surface area (Å²) in [6, 6.07) is 2.00. The molecule has 1 aromatic heterocycles. The number of nitrogen functional groups attached to an aromatic ring is 1. The lowest BCUT2D eigenvalue weighted by molar-refractivity contribution is 0.587. The number of nitrogens with zero attached hydrogens (tertiary/aromatic N) is 1. The van der Waals surface area contributed by atoms with Crippen LogP contribution in [0.2, 0.25) is 0 Å². The first-order valence-electron chi connectivity index (χ1n) is 4.14. The lowest BCUT2D eigenvalue weighted by atomic mass is 9.88. The molecule has 0 aromatic carbocycles. The molecule has 1 rings (SSSR count). The molecule has 2 heteroatoms. The van der Waals surface area contributed by atoms with Gasteiger partial charge in [0.05, 0.1) is 11.4 Å². The summed E-state index contributed by atoms with van der Waals surface area (Å²) in [7, 11) is 0. The minimum absolute atomic E-state index is 0.134. The maximum atomic E-state index is 5.75. The number of anilines is 1. The third kappa shape index (κ3) is 1.76. The van der Waals surface area contributed by atoms with E-state index in [1.54, 1.807) is 0 Å². The average molecular weight is 164 g/mol. The minimum Gasteiger partial charge on any atom is -0.397 e. The van der Waals surface area contributed by atoms with Gasteiger partial charge in [-0.3, -0.25) is 4.98 Å². The van der Waals surface area contributed by atoms with Crippen molar-refractivity contribution in [3.8, 4) is 0 Å². The molecule has 1 heterocycles. The molecular weight excluding hydrogens is 148 g/mol. The van der Waals surface area contributed by atoms with E-state index in [0.29, 0.717) is 0 Å². The van der Waals surface area contributed by atoms with Crippen molar-refractivity contribution < 1.29 is 0 Å². The van der Waals surface area contributed by atoms with Crippen LogP contribution in [0.3, 0.4) is 0 Å². The summed E-state index contributed by atoms with van der Waals surface area (Å²) in [5.41, 5.74) is 8.76. The van der Waals surface area contributed by atoms with Crippen LogP contribution in [-0.4, -0.2) is 4.98 Å². The molecule has 0 fully saturated rings. The van der Waals surface area contributed by atoms with Gasteiger partial charge in [0.2, 0.25) is 0 Å². The van der Waals surface area contributed by atoms with Gasteiger partial charge in [-0.05, 0) is 24.0 Å². The van der Waals surface area contributed by atoms with Crippen LogP contribution in [0.25, 0.3) is 0 Å². The molecule has 0 amide bonds. The maximum Gasteiger partial charge on any atom is 0.0601 e. The van der Waals surface area contributed by atoms with Crippen molar-refractivity contribution in [3.05, 3.63) is 23.5 Å². The van der Waals surface area contributed by atoms with Crippen LogP contribution in [0.5, 0.6) is 0 Å². The van der Waals surface area contributed by atoms with E-state index in [1.807, 2.05) is 19.2 Å². The van der Waals surface area contributed by atoms with E-state index in [9.17, 15) is 0 Å². The van der Waals surface area contributed by atoms with Gasteiger partial charge in [0.15, 0.2) is 0 Å². The molecule has 1 aromatic rings. The number of nitrogens with two attached hydrogens (primary N) is 1. The van der Waals surface area contributed by atoms with Gasteiger partial charge in [0.1, 0.15) is 0 Å². The summed E-state index contributed by atoms with van der Waals surface area (Å²) in [4.78, 5) is 4.22. The average Bonchev–Trinajstić information content (AvgIpc) is 1.92. The Hall–Kier alpha value is -1.05. The van der Waals surface area contributed by atoms with E-state index >= 15 is 0 Å². The number of hydrogen-bond acceptors (Lipinski definition) is 2. The first kappa shape index (κ1) is 9.04. The Bertz CT molecular complexity index is 284. The Kier molecular flexibility index (Phi) is 2.09. The molecule has 0 aliphatic heterocycles. The fourth-order valence-electron chi connectivity index (χ4n) is 0.960. The summed E-state index contributed by atoms with van der Waals surface area (Å²) in [5.74, 6) is 0. The maximum absolute atomic E-state index is 5.75. The van der Waals surface area contributed by atoms with Gasteiger partial charge in [0, 0.05) is 6.20 Å². The number of pyridine rings is 1. The Morgan fingerprint density at radius 1 is 1.33 bits per heavy atom. The van der Waals surface area contributed by atoms with Gasteiger partial charge in [0.25, 0.3) is 0 Å². The molecule has 2 N–H and O–H groups in total. The molecule has 0 unspecified atom stereocenters. The molecule has 0 radical (unpaired) electrons. The van der Waals surface area contributed by atoms with Crippen molar-refractivity contribution in [2.75, 3.05) is 5.73 Å². The zero-order chi connectivity index (χ0) is 9.35. The third-order valence-electron chi connectivity index (χ3n) is 1.99. The van der Waals surface area contributed by atoms with Crippen LogP contribution in [0.4, 0.5) is 5.69 Å². The normalized spacial score (nSPS) is 11.7. The summed E-state index contributed by atoms with van der Waals surface area (Å²) in [6.45, 7) is 8.37. The number of hydrogen-bond donors (Lipinski definition) is 1. The van der Waals surface area contributed by atoms with Gasteiger partial charge in [-0.25, -0.2) is 0 Å². The predicted molar refractivity (Wildman–Crippen MR) is 52.1 cm³/mol. The van der Waals surface area contributed by atoms with Crippen molar-refractivity contribution in [1.82, 2.24) is 4.98 Å². The molecule has 0 aliphatic carbocycles. The van der Waals surface area contributed by atoms with Crippen molar-refractivity contribution in [2.24, 2.45) is 0 Å². The van der Waals surface area contributed by atoms with Crippen LogP contribution >= 0.6 is 0 Å². The van der Waals surface area contributed by atoms with Gasteiger partial charge >= 0.3 is 0 Å². The highest BCUT2D eigenvalue weighted by molar-refractivity contribution is 5.45. The highest BCUT2D eigenvalue weighted by Crippen LogP contribution is 2.23. The van der Waals surface area contributed by atoms with Crippen LogP contribution in [0.1, 0.15) is 32.0 Å². The van der Waals surface area contributed by atoms with Crippen molar-refractivity contribution >= 4 is 5.69 Å². The molecule has 0 spiro atoms. The summed E-state index contributed by atoms with van der Waals surface area (Å²) < 4.78 is 0. The molecule has 0 saturated heterocycles. The van der Waals surface area contributed by atoms with E-state index in [4.69, 9.17) is 5.73 Å². The Balaban J connectivity index is 3.14. The smallest absolute Gasteiger partial charge is 0.0601 e. The topological polar surface area (TPSA) is 38.9 Å². The predicted octanol–water partition coefficient (Wildman–Crippen LogP) is 2.27. The molecule has 0 saturated carbocycles. The monoisotopic (exact) mass is 164 g/mol. The molecule has 0 atom stereocenters. The number of aryl methyl sites for hydroxylation is 1. The Morgan fingerprint density at radius 2 is 1.92 bits per heavy atom. The third-order valence-corrected chi connectivity index (χ3v) is 1.99. The zero-order valence-corrected chi connectivity index (χ0v) is 8.18. The van der Waals surface area contributed by atoms with E-state index in [1.165, 1.54) is 5.56 Å². The first-order valence-corrected chi connectivity index (χ1v) is 4.14. The summed E-state index contributed by atoms with van der Waals surface area (Å²) in [5, 5.41) is 0. The molecule has 66 valence electrons. The summed E-state index contributed by atoms with van der Waals surface area (Å²) >= 11 is 0. The lowest BCUT2D eigenvalue weighted by Gasteiger charge is -2.19. The van der Waals surface area contributed by atoms with Gasteiger partial charge < -0.3 is 5.73 Å². The fraction of sp³-hybridized carbons (Fsp3) is 0.500. The van der Waals surface area contributed by atoms with Crippen molar-refractivity contribution in [1.29, 1.82) is 0 Å². The molecule has 0 bridgehead atoms. The van der Waals surface area contributed by atoms with Crippen LogP contribution in [-0.2, 0) is 5.41 Å². The summed E-state index contributed by atoms with van der Waals surface area (Å²) in [6.07, 6.45) is 1.89. The number of rotatable bonds is 0. The first-order chi connectivity index (χ1) is 5.41. The van der Waals surface area contributed by atoms with E-state index in [-0.39, 0.29) is 5.41 Å². The second kappa shape index (κ2) is 2.77. The standard InChI is InChI=1S/C10H16N2/c1-7-9(11)5-8(6-12-7)10(2,3)4/h5-6H,11H2,1-4H3. The molecular formula is C10H16N2. The van der Waals surface area contributed by atoms with Crippen LogP contribution in [0.15, 0.2) is 12.3 Å². The van der Waals surface area contributed by atoms with Crippen LogP contribution < -0.4 is 5.73 Å². The van der Waals surface area contributed by atoms with E-state index in [0.717, 1.165) is 11.4 Å². The highest BCUT2D eigenvalue weighted by atomic mass is 14.7. The van der Waals surface area contributed by atoms with Gasteiger partial charge in [-0.1, -0.05) is 20.8 Å². The molecule has 12 heavy (non-hydrogen) atoms.